The second kappa shape index (κ2) is 2.40. The number of aromatic nitrogens is 2. The molecule has 2 rings (SSSR count). The molecule has 14 heavy (non-hydrogen) atoms. The molecule has 5 heteroatoms. The quantitative estimate of drug-likeness (QED) is 0.749. The molecule has 0 bridgehead atoms. The van der Waals surface area contributed by atoms with Crippen molar-refractivity contribution < 1.29 is 4.42 Å². The van der Waals surface area contributed by atoms with Crippen molar-refractivity contribution in [1.29, 1.82) is 0 Å². The van der Waals surface area contributed by atoms with Crippen LogP contribution in [0.25, 0.3) is 0 Å². The van der Waals surface area contributed by atoms with Crippen LogP contribution in [0, 0.1) is 10.8 Å². The van der Waals surface area contributed by atoms with E-state index in [1.807, 2.05) is 0 Å². The number of anilines is 2. The molecule has 3 N–H and O–H groups in total. The van der Waals surface area contributed by atoms with Gasteiger partial charge in [0.15, 0.2) is 0 Å². The number of nitrogen functional groups attached to an aromatic ring is 1. The molecule has 5 nitrogen and oxygen atoms in total. The lowest BCUT2D eigenvalue weighted by molar-refractivity contribution is 0.457. The molecule has 0 spiro atoms. The fourth-order valence-electron chi connectivity index (χ4n) is 1.97. The number of hydrogen-bond donors (Lipinski definition) is 2. The molecule has 0 aliphatic heterocycles. The van der Waals surface area contributed by atoms with Crippen molar-refractivity contribution >= 4 is 12.0 Å². The molecule has 0 aromatic carbocycles. The van der Waals surface area contributed by atoms with E-state index in [0.717, 1.165) is 0 Å². The van der Waals surface area contributed by atoms with Crippen LogP contribution < -0.4 is 11.1 Å². The van der Waals surface area contributed by atoms with Gasteiger partial charge in [0.25, 0.3) is 0 Å². The second-order valence-corrected chi connectivity index (χ2v) is 4.97. The van der Waals surface area contributed by atoms with Crippen molar-refractivity contribution in [3.8, 4) is 0 Å². The lowest BCUT2D eigenvalue weighted by Gasteiger charge is -2.02. The predicted molar refractivity (Wildman–Crippen MR) is 53.7 cm³/mol. The van der Waals surface area contributed by atoms with Crippen LogP contribution in [0.1, 0.15) is 27.7 Å². The van der Waals surface area contributed by atoms with E-state index >= 15 is 0 Å². The lowest BCUT2D eigenvalue weighted by atomic mass is 10.0. The molecule has 0 radical (unpaired) electrons. The maximum atomic E-state index is 5.33. The first-order valence-corrected chi connectivity index (χ1v) is 4.71. The fourth-order valence-corrected chi connectivity index (χ4v) is 1.97. The van der Waals surface area contributed by atoms with Crippen LogP contribution in [-0.4, -0.2) is 16.2 Å². The van der Waals surface area contributed by atoms with E-state index in [9.17, 15) is 0 Å². The minimum absolute atomic E-state index is 0.101. The van der Waals surface area contributed by atoms with Crippen molar-refractivity contribution in [2.75, 3.05) is 11.1 Å². The summed E-state index contributed by atoms with van der Waals surface area (Å²) in [5, 5.41) is 10.6. The first kappa shape index (κ1) is 9.30. The zero-order valence-corrected chi connectivity index (χ0v) is 8.96. The van der Waals surface area contributed by atoms with Gasteiger partial charge < -0.3 is 15.5 Å². The SMILES string of the molecule is CC1(C)C(Nc2nnc(N)o2)C1(C)C. The number of rotatable bonds is 2. The Balaban J connectivity index is 2.08. The molecule has 0 saturated heterocycles. The van der Waals surface area contributed by atoms with Crippen LogP contribution >= 0.6 is 0 Å². The molecule has 1 heterocycles. The van der Waals surface area contributed by atoms with Crippen molar-refractivity contribution in [2.24, 2.45) is 10.8 Å². The fraction of sp³-hybridized carbons (Fsp3) is 0.778. The Kier molecular flexibility index (Phi) is 1.60. The Morgan fingerprint density at radius 2 is 1.79 bits per heavy atom. The van der Waals surface area contributed by atoms with Crippen LogP contribution in [0.5, 0.6) is 0 Å². The summed E-state index contributed by atoms with van der Waals surface area (Å²) in [6.07, 6.45) is 0. The highest BCUT2D eigenvalue weighted by Crippen LogP contribution is 2.63. The summed E-state index contributed by atoms with van der Waals surface area (Å²) >= 11 is 0. The zero-order valence-electron chi connectivity index (χ0n) is 8.96. The summed E-state index contributed by atoms with van der Waals surface area (Å²) in [4.78, 5) is 0. The maximum absolute atomic E-state index is 5.33. The Morgan fingerprint density at radius 3 is 2.14 bits per heavy atom. The normalized spacial score (nSPS) is 23.4. The summed E-state index contributed by atoms with van der Waals surface area (Å²) in [5.41, 5.74) is 5.82. The minimum atomic E-state index is 0.101. The topological polar surface area (TPSA) is 77.0 Å². The van der Waals surface area contributed by atoms with Crippen LogP contribution in [0.2, 0.25) is 0 Å². The Labute approximate surface area is 83.1 Å². The van der Waals surface area contributed by atoms with Gasteiger partial charge in [-0.3, -0.25) is 0 Å². The van der Waals surface area contributed by atoms with Crippen molar-refractivity contribution in [1.82, 2.24) is 10.2 Å². The average Bonchev–Trinajstić information content (AvgIpc) is 2.47. The van der Waals surface area contributed by atoms with Gasteiger partial charge in [0.1, 0.15) is 0 Å². The number of nitrogens with zero attached hydrogens (tertiary/aromatic N) is 2. The molecule has 0 atom stereocenters. The minimum Gasteiger partial charge on any atom is -0.390 e. The molecule has 1 aromatic heterocycles. The molecule has 1 saturated carbocycles. The highest BCUT2D eigenvalue weighted by molar-refractivity contribution is 5.34. The second-order valence-electron chi connectivity index (χ2n) is 4.97. The molecule has 1 aromatic rings. The summed E-state index contributed by atoms with van der Waals surface area (Å²) in [6.45, 7) is 8.85. The molecule has 1 aliphatic carbocycles. The Hall–Kier alpha value is -1.26. The Morgan fingerprint density at radius 1 is 1.21 bits per heavy atom. The van der Waals surface area contributed by atoms with Crippen molar-refractivity contribution in [3.05, 3.63) is 0 Å². The largest absolute Gasteiger partial charge is 0.390 e. The molecule has 78 valence electrons. The summed E-state index contributed by atoms with van der Waals surface area (Å²) in [7, 11) is 0. The molecular weight excluding hydrogens is 180 g/mol. The van der Waals surface area contributed by atoms with E-state index in [2.05, 4.69) is 43.2 Å². The van der Waals surface area contributed by atoms with Gasteiger partial charge in [-0.2, -0.15) is 0 Å². The van der Waals surface area contributed by atoms with Gasteiger partial charge in [-0.25, -0.2) is 0 Å². The van der Waals surface area contributed by atoms with Gasteiger partial charge in [-0.05, 0) is 10.8 Å². The summed E-state index contributed by atoms with van der Waals surface area (Å²) in [6, 6.07) is 0.866. The molecular formula is C9H16N4O. The first-order valence-electron chi connectivity index (χ1n) is 4.71. The van der Waals surface area contributed by atoms with Crippen molar-refractivity contribution in [3.63, 3.8) is 0 Å². The van der Waals surface area contributed by atoms with Gasteiger partial charge in [-0.1, -0.05) is 37.9 Å². The van der Waals surface area contributed by atoms with Crippen LogP contribution in [0.15, 0.2) is 4.42 Å². The average molecular weight is 196 g/mol. The van der Waals surface area contributed by atoms with E-state index in [-0.39, 0.29) is 16.8 Å². The number of nitrogens with one attached hydrogen (secondary N) is 1. The highest BCUT2D eigenvalue weighted by Gasteiger charge is 2.65. The Bertz CT molecular complexity index is 341. The molecule has 0 amide bonds. The van der Waals surface area contributed by atoms with E-state index in [0.29, 0.717) is 12.1 Å². The standard InChI is InChI=1S/C9H16N4O/c1-8(2)5(9(8,3)4)11-7-13-12-6(10)14-7/h5H,1-4H3,(H2,10,12)(H,11,13). The molecule has 0 unspecified atom stereocenters. The molecule has 1 aliphatic rings. The lowest BCUT2D eigenvalue weighted by Crippen LogP contribution is -2.10. The van der Waals surface area contributed by atoms with Gasteiger partial charge in [-0.15, -0.1) is 0 Å². The predicted octanol–water partition coefficient (Wildman–Crippen LogP) is 1.50. The van der Waals surface area contributed by atoms with Crippen LogP contribution in [0.4, 0.5) is 12.0 Å². The third-order valence-electron chi connectivity index (χ3n) is 3.73. The van der Waals surface area contributed by atoms with Crippen LogP contribution in [0.3, 0.4) is 0 Å². The van der Waals surface area contributed by atoms with Gasteiger partial charge in [0.2, 0.25) is 0 Å². The van der Waals surface area contributed by atoms with E-state index in [1.54, 1.807) is 0 Å². The third kappa shape index (κ3) is 1.08. The van der Waals surface area contributed by atoms with E-state index < -0.39 is 0 Å². The smallest absolute Gasteiger partial charge is 0.317 e. The van der Waals surface area contributed by atoms with E-state index in [1.165, 1.54) is 0 Å². The summed E-state index contributed by atoms with van der Waals surface area (Å²) < 4.78 is 5.07. The molecule has 1 fully saturated rings. The van der Waals surface area contributed by atoms with Crippen LogP contribution in [-0.2, 0) is 0 Å². The summed E-state index contributed by atoms with van der Waals surface area (Å²) in [5.74, 6) is 0. The number of hydrogen-bond acceptors (Lipinski definition) is 5. The monoisotopic (exact) mass is 196 g/mol. The van der Waals surface area contributed by atoms with E-state index in [4.69, 9.17) is 10.2 Å². The highest BCUT2D eigenvalue weighted by atomic mass is 16.4. The van der Waals surface area contributed by atoms with Gasteiger partial charge in [0, 0.05) is 6.04 Å². The maximum Gasteiger partial charge on any atom is 0.317 e. The van der Waals surface area contributed by atoms with Gasteiger partial charge in [0.05, 0.1) is 0 Å². The van der Waals surface area contributed by atoms with Gasteiger partial charge >= 0.3 is 12.0 Å². The zero-order chi connectivity index (χ0) is 10.6. The van der Waals surface area contributed by atoms with Crippen molar-refractivity contribution in [2.45, 2.75) is 33.7 Å². The first-order chi connectivity index (χ1) is 6.35. The third-order valence-corrected chi connectivity index (χ3v) is 3.73. The number of nitrogens with two attached hydrogens (primary N) is 1.